The zero-order chi connectivity index (χ0) is 16.4. The molecule has 1 rings (SSSR count). The van der Waals surface area contributed by atoms with Gasteiger partial charge in [-0.25, -0.2) is 0 Å². The third-order valence-electron chi connectivity index (χ3n) is 2.71. The maximum atomic E-state index is 5.81. The van der Waals surface area contributed by atoms with Crippen LogP contribution in [0.1, 0.15) is 27.2 Å². The van der Waals surface area contributed by atoms with E-state index in [1.807, 2.05) is 20.8 Å². The molecule has 0 aliphatic heterocycles. The molecule has 0 aliphatic carbocycles. The van der Waals surface area contributed by atoms with E-state index in [-0.39, 0.29) is 29.6 Å². The molecule has 0 amide bonds. The molecule has 0 aromatic carbocycles. The van der Waals surface area contributed by atoms with Gasteiger partial charge < -0.3 is 28.6 Å². The largest absolute Gasteiger partial charge is 0.500 e. The Morgan fingerprint density at radius 1 is 1.04 bits per heavy atom. The Balaban J connectivity index is 0.00000484. The molecule has 0 aliphatic rings. The summed E-state index contributed by atoms with van der Waals surface area (Å²) in [6.45, 7) is 8.31. The predicted molar refractivity (Wildman–Crippen MR) is 98.9 cm³/mol. The molecule has 0 fully saturated rings. The number of nitrogens with one attached hydrogen (secondary N) is 3. The monoisotopic (exact) mass is 387 g/mol. The summed E-state index contributed by atoms with van der Waals surface area (Å²) in [4.78, 5) is 9.77. The van der Waals surface area contributed by atoms with Crippen molar-refractivity contribution in [1.29, 1.82) is 0 Å². The van der Waals surface area contributed by atoms with Crippen LogP contribution in [0, 0.1) is 9.54 Å². The molecule has 1 aromatic heterocycles. The minimum Gasteiger partial charge on any atom is -0.374 e. The molecule has 0 unspecified atom stereocenters. The van der Waals surface area contributed by atoms with E-state index in [9.17, 15) is 0 Å². The average molecular weight is 388 g/mol. The predicted octanol–water partition coefficient (Wildman–Crippen LogP) is 2.67. The minimum absolute atomic E-state index is 0. The van der Waals surface area contributed by atoms with Crippen LogP contribution >= 0.6 is 24.4 Å². The van der Waals surface area contributed by atoms with E-state index in [2.05, 4.69) is 20.3 Å². The van der Waals surface area contributed by atoms with Gasteiger partial charge in [-0.3, -0.25) is 0 Å². The van der Waals surface area contributed by atoms with Gasteiger partial charge in [-0.2, -0.15) is 4.98 Å². The number of H-pyrrole nitrogens is 2. The van der Waals surface area contributed by atoms with Crippen molar-refractivity contribution in [3.63, 3.8) is 0 Å². The topological polar surface area (TPSA) is 84.2 Å². The van der Waals surface area contributed by atoms with Gasteiger partial charge in [-0.15, -0.1) is 0 Å². The second kappa shape index (κ2) is 12.7. The molecule has 7 nitrogen and oxygen atoms in total. The van der Waals surface area contributed by atoms with Crippen molar-refractivity contribution in [2.45, 2.75) is 33.2 Å². The fourth-order valence-corrected chi connectivity index (χ4v) is 5.05. The van der Waals surface area contributed by atoms with Crippen molar-refractivity contribution in [2.24, 2.45) is 0 Å². The summed E-state index contributed by atoms with van der Waals surface area (Å²) in [5.74, 6) is 0.560. The minimum atomic E-state index is -2.57. The third-order valence-corrected chi connectivity index (χ3v) is 6.26. The van der Waals surface area contributed by atoms with Crippen molar-refractivity contribution in [2.75, 3.05) is 31.7 Å². The Morgan fingerprint density at radius 3 is 2.09 bits per heavy atom. The van der Waals surface area contributed by atoms with Crippen LogP contribution in [0.25, 0.3) is 0 Å². The number of rotatable bonds is 11. The molecule has 0 saturated carbocycles. The summed E-state index contributed by atoms with van der Waals surface area (Å²) >= 11 is 10.00. The van der Waals surface area contributed by atoms with Crippen LogP contribution in [0.4, 0.5) is 5.95 Å². The molecule has 0 atom stereocenters. The second-order valence-electron chi connectivity index (χ2n) is 4.36. The van der Waals surface area contributed by atoms with Gasteiger partial charge in [-0.05, 0) is 51.6 Å². The van der Waals surface area contributed by atoms with E-state index in [0.29, 0.717) is 41.9 Å². The molecule has 23 heavy (non-hydrogen) atoms. The maximum Gasteiger partial charge on any atom is 0.500 e. The van der Waals surface area contributed by atoms with Crippen LogP contribution < -0.4 is 5.32 Å². The van der Waals surface area contributed by atoms with Crippen molar-refractivity contribution >= 4 is 68.7 Å². The Kier molecular flexibility index (Phi) is 12.9. The van der Waals surface area contributed by atoms with Gasteiger partial charge >= 0.3 is 8.80 Å². The molecule has 1 radical (unpaired) electrons. The van der Waals surface area contributed by atoms with E-state index in [0.717, 1.165) is 12.5 Å². The summed E-state index contributed by atoms with van der Waals surface area (Å²) in [5.41, 5.74) is 0. The maximum absolute atomic E-state index is 5.81. The number of aromatic nitrogens is 3. The fraction of sp³-hybridized carbons (Fsp3) is 0.750. The summed E-state index contributed by atoms with van der Waals surface area (Å²) < 4.78 is 18.2. The van der Waals surface area contributed by atoms with Crippen LogP contribution in [0.5, 0.6) is 0 Å². The molecule has 11 heteroatoms. The molecule has 127 valence electrons. The SMILES string of the molecule is CCO[Si](CCCNc1nc(=S)[nH]c(=S)[nH]1)(OCC)OCC.[Na]. The van der Waals surface area contributed by atoms with Crippen molar-refractivity contribution in [1.82, 2.24) is 15.0 Å². The van der Waals surface area contributed by atoms with Crippen LogP contribution in [0.3, 0.4) is 0 Å². The zero-order valence-corrected chi connectivity index (χ0v) is 18.9. The number of hydrogen-bond donors (Lipinski definition) is 3. The van der Waals surface area contributed by atoms with Gasteiger partial charge in [0.05, 0.1) is 0 Å². The molecular formula is C12H24N4NaO3S2Si. The second-order valence-corrected chi connectivity index (χ2v) is 7.88. The summed E-state index contributed by atoms with van der Waals surface area (Å²) in [5, 5.41) is 3.16. The number of nitrogens with zero attached hydrogens (tertiary/aromatic N) is 1. The van der Waals surface area contributed by atoms with Crippen molar-refractivity contribution in [3.05, 3.63) is 9.54 Å². The molecule has 0 bridgehead atoms. The van der Waals surface area contributed by atoms with Crippen molar-refractivity contribution < 1.29 is 13.3 Å². The molecule has 0 spiro atoms. The first kappa shape index (κ1) is 23.3. The zero-order valence-electron chi connectivity index (χ0n) is 14.2. The van der Waals surface area contributed by atoms with Crippen LogP contribution in [0.2, 0.25) is 6.04 Å². The van der Waals surface area contributed by atoms with Crippen LogP contribution in [0.15, 0.2) is 0 Å². The van der Waals surface area contributed by atoms with Crippen LogP contribution in [-0.4, -0.2) is 79.7 Å². The summed E-state index contributed by atoms with van der Waals surface area (Å²) in [6, 6.07) is 0.746. The van der Waals surface area contributed by atoms with Gasteiger partial charge in [-0.1, -0.05) is 0 Å². The molecule has 1 heterocycles. The number of aromatic amines is 2. The van der Waals surface area contributed by atoms with Gasteiger partial charge in [0.2, 0.25) is 10.7 Å². The Labute approximate surface area is 170 Å². The van der Waals surface area contributed by atoms with E-state index in [4.69, 9.17) is 37.7 Å². The average Bonchev–Trinajstić information content (AvgIpc) is 2.43. The summed E-state index contributed by atoms with van der Waals surface area (Å²) in [7, 11) is -2.57. The number of hydrogen-bond acceptors (Lipinski definition) is 7. The van der Waals surface area contributed by atoms with Crippen LogP contribution in [-0.2, 0) is 13.3 Å². The Bertz CT molecular complexity index is 512. The number of anilines is 1. The first-order valence-corrected chi connectivity index (χ1v) is 10.2. The first-order chi connectivity index (χ1) is 10.5. The molecule has 0 saturated heterocycles. The van der Waals surface area contributed by atoms with Gasteiger partial charge in [0.25, 0.3) is 0 Å². The third kappa shape index (κ3) is 8.84. The smallest absolute Gasteiger partial charge is 0.374 e. The van der Waals surface area contributed by atoms with Crippen molar-refractivity contribution in [3.8, 4) is 0 Å². The van der Waals surface area contributed by atoms with E-state index in [1.54, 1.807) is 0 Å². The molecule has 3 N–H and O–H groups in total. The van der Waals surface area contributed by atoms with E-state index < -0.39 is 8.80 Å². The van der Waals surface area contributed by atoms with Gasteiger partial charge in [0.15, 0.2) is 4.77 Å². The molecule has 1 aromatic rings. The standard InChI is InChI=1S/C12H24N4O3S2Si.Na/c1-4-17-22(18-5-2,19-6-3)9-7-8-13-10-14-11(20)16-12(21)15-10;/h4-9H2,1-3H3,(H3,13,14,15,16,20,21);. The quantitative estimate of drug-likeness (QED) is 0.306. The molecular weight excluding hydrogens is 363 g/mol. The first-order valence-electron chi connectivity index (χ1n) is 7.41. The Hall–Kier alpha value is 0.347. The fourth-order valence-electron chi connectivity index (χ4n) is 1.99. The van der Waals surface area contributed by atoms with Gasteiger partial charge in [0.1, 0.15) is 0 Å². The van der Waals surface area contributed by atoms with Gasteiger partial charge in [0, 0.05) is 62.0 Å². The van der Waals surface area contributed by atoms with E-state index >= 15 is 0 Å². The Morgan fingerprint density at radius 2 is 1.61 bits per heavy atom. The van der Waals surface area contributed by atoms with E-state index in [1.165, 1.54) is 0 Å². The summed E-state index contributed by atoms with van der Waals surface area (Å²) in [6.07, 6.45) is 0.833. The normalized spacial score (nSPS) is 11.1.